The maximum absolute atomic E-state index is 12.3. The van der Waals surface area contributed by atoms with Gasteiger partial charge in [-0.1, -0.05) is 0 Å². The Bertz CT molecular complexity index is 1170. The van der Waals surface area contributed by atoms with Crippen LogP contribution >= 0.6 is 0 Å². The van der Waals surface area contributed by atoms with E-state index in [1.807, 2.05) is 31.4 Å². The second kappa shape index (κ2) is 7.42. The lowest BCUT2D eigenvalue weighted by Crippen LogP contribution is -2.02. The first-order valence-corrected chi connectivity index (χ1v) is 8.88. The van der Waals surface area contributed by atoms with E-state index in [0.717, 1.165) is 28.4 Å². The molecular formula is C20H18F2N6O. The minimum absolute atomic E-state index is 0.0890. The Balaban J connectivity index is 1.66. The Labute approximate surface area is 165 Å². The summed E-state index contributed by atoms with van der Waals surface area (Å²) in [5.41, 5.74) is 5.48. The van der Waals surface area contributed by atoms with Crippen molar-refractivity contribution >= 4 is 17.2 Å². The Kier molecular flexibility index (Phi) is 4.79. The minimum Gasteiger partial charge on any atom is -0.435 e. The highest BCUT2D eigenvalue weighted by Gasteiger charge is 2.15. The van der Waals surface area contributed by atoms with Gasteiger partial charge in [0.25, 0.3) is 0 Å². The lowest BCUT2D eigenvalue weighted by atomic mass is 10.2. The average molecular weight is 396 g/mol. The molecule has 0 spiro atoms. The molecule has 0 aliphatic rings. The van der Waals surface area contributed by atoms with E-state index in [1.165, 1.54) is 12.1 Å². The van der Waals surface area contributed by atoms with Gasteiger partial charge >= 0.3 is 6.61 Å². The molecule has 0 atom stereocenters. The Morgan fingerprint density at radius 3 is 2.45 bits per heavy atom. The standard InChI is InChI=1S/C20H18F2N6O/c1-11-10-28-18(12(2)25-19(28)13(3)24-11)16-8-23-9-17(27-16)26-14-4-6-15(7-5-14)29-20(21)22/h4-10,20H,1-3H3,(H,26,27). The Morgan fingerprint density at radius 1 is 0.966 bits per heavy atom. The fraction of sp³-hybridized carbons (Fsp3) is 0.200. The highest BCUT2D eigenvalue weighted by Crippen LogP contribution is 2.26. The molecule has 9 heteroatoms. The third-order valence-electron chi connectivity index (χ3n) is 4.30. The zero-order valence-corrected chi connectivity index (χ0v) is 16.0. The van der Waals surface area contributed by atoms with Gasteiger partial charge in [-0.25, -0.2) is 9.97 Å². The fourth-order valence-corrected chi connectivity index (χ4v) is 3.17. The topological polar surface area (TPSA) is 77.2 Å². The average Bonchev–Trinajstić information content (AvgIpc) is 2.99. The minimum atomic E-state index is -2.85. The van der Waals surface area contributed by atoms with E-state index < -0.39 is 6.61 Å². The van der Waals surface area contributed by atoms with E-state index >= 15 is 0 Å². The van der Waals surface area contributed by atoms with Crippen molar-refractivity contribution in [2.24, 2.45) is 0 Å². The number of aryl methyl sites for hydroxylation is 3. The molecule has 3 aromatic heterocycles. The summed E-state index contributed by atoms with van der Waals surface area (Å²) in [4.78, 5) is 18.0. The van der Waals surface area contributed by atoms with Crippen molar-refractivity contribution in [1.82, 2.24) is 24.3 Å². The number of benzene rings is 1. The van der Waals surface area contributed by atoms with Gasteiger partial charge in [-0.3, -0.25) is 14.4 Å². The van der Waals surface area contributed by atoms with Gasteiger partial charge in [0.2, 0.25) is 0 Å². The van der Waals surface area contributed by atoms with Crippen molar-refractivity contribution in [3.05, 3.63) is 59.9 Å². The monoisotopic (exact) mass is 396 g/mol. The number of ether oxygens (including phenoxy) is 1. The van der Waals surface area contributed by atoms with Crippen molar-refractivity contribution in [2.75, 3.05) is 5.32 Å². The first kappa shape index (κ1) is 18.7. The SMILES string of the molecule is Cc1cn2c(-c3cncc(Nc4ccc(OC(F)F)cc4)n3)c(C)nc2c(C)n1. The van der Waals surface area contributed by atoms with Crippen LogP contribution in [0.15, 0.2) is 42.9 Å². The van der Waals surface area contributed by atoms with Crippen LogP contribution in [0.3, 0.4) is 0 Å². The quantitative estimate of drug-likeness (QED) is 0.537. The number of nitrogens with one attached hydrogen (secondary N) is 1. The third-order valence-corrected chi connectivity index (χ3v) is 4.30. The summed E-state index contributed by atoms with van der Waals surface area (Å²) in [6, 6.07) is 6.17. The molecule has 148 valence electrons. The number of imidazole rings is 1. The molecule has 29 heavy (non-hydrogen) atoms. The molecule has 0 radical (unpaired) electrons. The number of nitrogens with zero attached hydrogens (tertiary/aromatic N) is 5. The molecule has 1 aromatic carbocycles. The van der Waals surface area contributed by atoms with Gasteiger partial charge in [0, 0.05) is 11.9 Å². The lowest BCUT2D eigenvalue weighted by molar-refractivity contribution is -0.0498. The third kappa shape index (κ3) is 3.84. The summed E-state index contributed by atoms with van der Waals surface area (Å²) in [5.74, 6) is 0.605. The summed E-state index contributed by atoms with van der Waals surface area (Å²) in [5, 5.41) is 3.12. The summed E-state index contributed by atoms with van der Waals surface area (Å²) in [7, 11) is 0. The summed E-state index contributed by atoms with van der Waals surface area (Å²) >= 11 is 0. The van der Waals surface area contributed by atoms with Gasteiger partial charge in [-0.05, 0) is 45.0 Å². The van der Waals surface area contributed by atoms with Crippen LogP contribution in [0, 0.1) is 20.8 Å². The molecule has 0 bridgehead atoms. The molecule has 0 amide bonds. The number of rotatable bonds is 5. The van der Waals surface area contributed by atoms with E-state index in [4.69, 9.17) is 0 Å². The van der Waals surface area contributed by atoms with Crippen molar-refractivity contribution < 1.29 is 13.5 Å². The molecule has 0 saturated carbocycles. The molecule has 0 aliphatic heterocycles. The fourth-order valence-electron chi connectivity index (χ4n) is 3.17. The van der Waals surface area contributed by atoms with Crippen LogP contribution in [-0.4, -0.2) is 30.9 Å². The van der Waals surface area contributed by atoms with Gasteiger partial charge in [0.15, 0.2) is 5.65 Å². The number of hydrogen-bond acceptors (Lipinski definition) is 6. The number of hydrogen-bond donors (Lipinski definition) is 1. The second-order valence-electron chi connectivity index (χ2n) is 6.52. The molecule has 0 fully saturated rings. The van der Waals surface area contributed by atoms with Gasteiger partial charge in [-0.15, -0.1) is 0 Å². The number of fused-ring (bicyclic) bond motifs is 1. The second-order valence-corrected chi connectivity index (χ2v) is 6.52. The first-order valence-electron chi connectivity index (χ1n) is 8.88. The van der Waals surface area contributed by atoms with Crippen LogP contribution in [-0.2, 0) is 0 Å². The molecule has 7 nitrogen and oxygen atoms in total. The molecule has 4 rings (SSSR count). The van der Waals surface area contributed by atoms with E-state index in [1.54, 1.807) is 24.5 Å². The van der Waals surface area contributed by atoms with Crippen molar-refractivity contribution in [3.8, 4) is 17.1 Å². The molecule has 4 aromatic rings. The van der Waals surface area contributed by atoms with Crippen LogP contribution in [0.4, 0.5) is 20.3 Å². The van der Waals surface area contributed by atoms with Gasteiger partial charge in [-0.2, -0.15) is 8.78 Å². The van der Waals surface area contributed by atoms with Crippen molar-refractivity contribution in [2.45, 2.75) is 27.4 Å². The maximum Gasteiger partial charge on any atom is 0.387 e. The number of halogens is 2. The number of alkyl halides is 2. The van der Waals surface area contributed by atoms with E-state index in [-0.39, 0.29) is 5.75 Å². The molecule has 0 unspecified atom stereocenters. The van der Waals surface area contributed by atoms with Gasteiger partial charge in [0.05, 0.1) is 35.2 Å². The van der Waals surface area contributed by atoms with Crippen LogP contribution in [0.1, 0.15) is 17.1 Å². The largest absolute Gasteiger partial charge is 0.435 e. The van der Waals surface area contributed by atoms with Crippen molar-refractivity contribution in [1.29, 1.82) is 0 Å². The molecule has 0 aliphatic carbocycles. The van der Waals surface area contributed by atoms with Gasteiger partial charge in [0.1, 0.15) is 17.3 Å². The van der Waals surface area contributed by atoms with Crippen molar-refractivity contribution in [3.63, 3.8) is 0 Å². The van der Waals surface area contributed by atoms with E-state index in [0.29, 0.717) is 17.2 Å². The van der Waals surface area contributed by atoms with Crippen LogP contribution in [0.5, 0.6) is 5.75 Å². The zero-order valence-electron chi connectivity index (χ0n) is 16.0. The smallest absolute Gasteiger partial charge is 0.387 e. The zero-order chi connectivity index (χ0) is 20.5. The highest BCUT2D eigenvalue weighted by atomic mass is 19.3. The Hall–Kier alpha value is -3.62. The van der Waals surface area contributed by atoms with E-state index in [2.05, 4.69) is 30.0 Å². The first-order chi connectivity index (χ1) is 13.9. The summed E-state index contributed by atoms with van der Waals surface area (Å²) < 4.78 is 30.9. The van der Waals surface area contributed by atoms with Crippen LogP contribution in [0.25, 0.3) is 17.0 Å². The molecule has 3 heterocycles. The lowest BCUT2D eigenvalue weighted by Gasteiger charge is -2.09. The van der Waals surface area contributed by atoms with Crippen LogP contribution < -0.4 is 10.1 Å². The molecule has 0 saturated heterocycles. The molecule has 1 N–H and O–H groups in total. The summed E-state index contributed by atoms with van der Waals surface area (Å²) in [6.07, 6.45) is 5.18. The van der Waals surface area contributed by atoms with Crippen LogP contribution in [0.2, 0.25) is 0 Å². The van der Waals surface area contributed by atoms with E-state index in [9.17, 15) is 8.78 Å². The predicted octanol–water partition coefficient (Wildman–Crippen LogP) is 4.46. The summed E-state index contributed by atoms with van der Waals surface area (Å²) in [6.45, 7) is 2.91. The maximum atomic E-state index is 12.3. The molecular weight excluding hydrogens is 378 g/mol. The number of anilines is 2. The highest BCUT2D eigenvalue weighted by molar-refractivity contribution is 5.66. The predicted molar refractivity (Wildman–Crippen MR) is 105 cm³/mol. The number of aromatic nitrogens is 5. The normalized spacial score (nSPS) is 11.2. The Morgan fingerprint density at radius 2 is 1.72 bits per heavy atom. The van der Waals surface area contributed by atoms with Gasteiger partial charge < -0.3 is 10.1 Å².